The number of amides is 2. The Morgan fingerprint density at radius 2 is 1.21 bits per heavy atom. The second-order valence-corrected chi connectivity index (χ2v) is 8.56. The van der Waals surface area contributed by atoms with Crippen molar-refractivity contribution in [2.45, 2.75) is 24.0 Å². The fourth-order valence-electron chi connectivity index (χ4n) is 3.60. The molecule has 0 aliphatic heterocycles. The van der Waals surface area contributed by atoms with Gasteiger partial charge in [0, 0.05) is 22.6 Å². The lowest BCUT2D eigenvalue weighted by atomic mass is 9.66. The fourth-order valence-corrected chi connectivity index (χ4v) is 5.36. The average molecular weight is 422 g/mol. The van der Waals surface area contributed by atoms with Crippen molar-refractivity contribution in [2.75, 3.05) is 0 Å². The Labute approximate surface area is 167 Å². The van der Waals surface area contributed by atoms with Crippen molar-refractivity contribution < 1.29 is 29.4 Å². The summed E-state index contributed by atoms with van der Waals surface area (Å²) in [6.45, 7) is 0. The number of Topliss-reactive ketones (excluding diaryl/α,β-unsaturated/α-hetero) is 2. The number of hydrogen-bond acceptors (Lipinski definition) is 8. The van der Waals surface area contributed by atoms with Gasteiger partial charge in [-0.05, 0) is 22.9 Å². The van der Waals surface area contributed by atoms with Gasteiger partial charge in [-0.2, -0.15) is 0 Å². The van der Waals surface area contributed by atoms with Crippen molar-refractivity contribution in [1.29, 1.82) is 0 Å². The lowest BCUT2D eigenvalue weighted by molar-refractivity contribution is -0.166. The maximum atomic E-state index is 12.9. The third kappa shape index (κ3) is 2.98. The number of aliphatic hydroxyl groups is 2. The molecule has 0 spiro atoms. The highest BCUT2D eigenvalue weighted by atomic mass is 32.1. The molecule has 0 bridgehead atoms. The Kier molecular flexibility index (Phi) is 5.24. The largest absolute Gasteiger partial charge is 0.374 e. The van der Waals surface area contributed by atoms with Crippen LogP contribution in [-0.4, -0.2) is 33.6 Å². The van der Waals surface area contributed by atoms with E-state index >= 15 is 0 Å². The Morgan fingerprint density at radius 1 is 0.857 bits per heavy atom. The van der Waals surface area contributed by atoms with Crippen LogP contribution in [0.2, 0.25) is 0 Å². The number of hydrogen-bond donors (Lipinski definition) is 4. The fraction of sp³-hybridized carbons (Fsp3) is 0.333. The van der Waals surface area contributed by atoms with Gasteiger partial charge in [-0.1, -0.05) is 12.1 Å². The number of primary amides is 2. The minimum absolute atomic E-state index is 0.146. The molecule has 4 unspecified atom stereocenters. The quantitative estimate of drug-likeness (QED) is 0.513. The summed E-state index contributed by atoms with van der Waals surface area (Å²) in [6.07, 6.45) is -1.11. The first-order valence-electron chi connectivity index (χ1n) is 8.31. The van der Waals surface area contributed by atoms with E-state index in [2.05, 4.69) is 0 Å². The van der Waals surface area contributed by atoms with E-state index in [1.807, 2.05) is 0 Å². The van der Waals surface area contributed by atoms with Gasteiger partial charge < -0.3 is 21.7 Å². The van der Waals surface area contributed by atoms with Gasteiger partial charge in [-0.25, -0.2) is 0 Å². The number of carbonyl (C=O) groups excluding carboxylic acids is 4. The van der Waals surface area contributed by atoms with Crippen LogP contribution in [0.1, 0.15) is 22.6 Å². The summed E-state index contributed by atoms with van der Waals surface area (Å²) in [7, 11) is 0. The smallest absolute Gasteiger partial charge is 0.255 e. The summed E-state index contributed by atoms with van der Waals surface area (Å²) in [6, 6.07) is 6.05. The molecule has 0 aromatic carbocycles. The zero-order valence-electron chi connectivity index (χ0n) is 14.5. The summed E-state index contributed by atoms with van der Waals surface area (Å²) in [5.41, 5.74) is 6.06. The van der Waals surface area contributed by atoms with Gasteiger partial charge in [0.05, 0.1) is 11.8 Å². The maximum Gasteiger partial charge on any atom is 0.255 e. The van der Waals surface area contributed by atoms with E-state index in [9.17, 15) is 29.4 Å². The molecular formula is C18H18N2O6S2. The van der Waals surface area contributed by atoms with Crippen molar-refractivity contribution in [2.24, 2.45) is 23.3 Å². The summed E-state index contributed by atoms with van der Waals surface area (Å²) in [5.74, 6) is -6.43. The standard InChI is InChI=1S/C18H18N2O6S2/c19-15(23)17(25,13-3-1-5-27-13)9-7-12(22)10(8-11(9)21)18(26,16(20)24)14-4-2-6-28-14/h1-6,9-10,25-26H,7-8H2,(H2,19,23)(H2,20,24). The summed E-state index contributed by atoms with van der Waals surface area (Å²) in [4.78, 5) is 50.1. The lowest BCUT2D eigenvalue weighted by Gasteiger charge is -2.39. The summed E-state index contributed by atoms with van der Waals surface area (Å²) in [5, 5.41) is 25.1. The molecule has 4 atom stereocenters. The Morgan fingerprint density at radius 3 is 1.46 bits per heavy atom. The molecule has 28 heavy (non-hydrogen) atoms. The van der Waals surface area contributed by atoms with Crippen LogP contribution in [0.3, 0.4) is 0 Å². The predicted molar refractivity (Wildman–Crippen MR) is 101 cm³/mol. The Balaban J connectivity index is 1.99. The molecule has 2 aromatic heterocycles. The summed E-state index contributed by atoms with van der Waals surface area (Å²) >= 11 is 2.06. The highest BCUT2D eigenvalue weighted by Gasteiger charge is 2.57. The first kappa shape index (κ1) is 20.3. The normalized spacial score (nSPS) is 24.4. The molecule has 0 radical (unpaired) electrons. The van der Waals surface area contributed by atoms with E-state index in [0.717, 1.165) is 22.7 Å². The highest BCUT2D eigenvalue weighted by Crippen LogP contribution is 2.44. The SMILES string of the molecule is NC(=O)C(O)(c1cccs1)C1CC(=O)C(C(O)(C(N)=O)c2cccs2)CC1=O. The summed E-state index contributed by atoms with van der Waals surface area (Å²) < 4.78 is 0. The molecule has 6 N–H and O–H groups in total. The van der Waals surface area contributed by atoms with E-state index < -0.39 is 59.3 Å². The van der Waals surface area contributed by atoms with Crippen LogP contribution in [0.15, 0.2) is 35.0 Å². The number of rotatable bonds is 6. The molecule has 2 heterocycles. The molecule has 2 aromatic rings. The molecular weight excluding hydrogens is 404 g/mol. The number of carbonyl (C=O) groups is 4. The van der Waals surface area contributed by atoms with Gasteiger partial charge in [-0.15, -0.1) is 22.7 Å². The maximum absolute atomic E-state index is 12.9. The van der Waals surface area contributed by atoms with Gasteiger partial charge >= 0.3 is 0 Å². The molecule has 1 fully saturated rings. The second kappa shape index (κ2) is 7.21. The third-order valence-electron chi connectivity index (χ3n) is 5.14. The zero-order chi connectivity index (χ0) is 20.7. The third-order valence-corrected chi connectivity index (χ3v) is 7.13. The molecule has 1 aliphatic carbocycles. The van der Waals surface area contributed by atoms with E-state index in [-0.39, 0.29) is 9.75 Å². The number of thiophene rings is 2. The monoisotopic (exact) mass is 422 g/mol. The zero-order valence-corrected chi connectivity index (χ0v) is 16.2. The van der Waals surface area contributed by atoms with Crippen LogP contribution < -0.4 is 11.5 Å². The van der Waals surface area contributed by atoms with Crippen molar-refractivity contribution in [1.82, 2.24) is 0 Å². The van der Waals surface area contributed by atoms with Crippen LogP contribution in [0.25, 0.3) is 0 Å². The molecule has 8 nitrogen and oxygen atoms in total. The van der Waals surface area contributed by atoms with Crippen molar-refractivity contribution in [3.63, 3.8) is 0 Å². The van der Waals surface area contributed by atoms with Gasteiger partial charge in [0.2, 0.25) is 0 Å². The molecule has 1 aliphatic rings. The first-order valence-corrected chi connectivity index (χ1v) is 10.1. The predicted octanol–water partition coefficient (Wildman–Crippen LogP) is 0.0200. The highest BCUT2D eigenvalue weighted by molar-refractivity contribution is 7.10. The number of nitrogens with two attached hydrogens (primary N) is 2. The second-order valence-electron chi connectivity index (χ2n) is 6.66. The van der Waals surface area contributed by atoms with Crippen LogP contribution in [0.5, 0.6) is 0 Å². The van der Waals surface area contributed by atoms with E-state index in [1.165, 1.54) is 12.1 Å². The Hall–Kier alpha value is -2.40. The molecule has 0 saturated heterocycles. The van der Waals surface area contributed by atoms with E-state index in [4.69, 9.17) is 11.5 Å². The van der Waals surface area contributed by atoms with Crippen LogP contribution in [0, 0.1) is 11.8 Å². The van der Waals surface area contributed by atoms with E-state index in [0.29, 0.717) is 0 Å². The molecule has 2 amide bonds. The molecule has 10 heteroatoms. The molecule has 3 rings (SSSR count). The van der Waals surface area contributed by atoms with Gasteiger partial charge in [-0.3, -0.25) is 19.2 Å². The minimum atomic E-state index is -2.35. The topological polar surface area (TPSA) is 161 Å². The van der Waals surface area contributed by atoms with Crippen molar-refractivity contribution >= 4 is 46.1 Å². The molecule has 1 saturated carbocycles. The van der Waals surface area contributed by atoms with Gasteiger partial charge in [0.1, 0.15) is 11.6 Å². The van der Waals surface area contributed by atoms with Crippen LogP contribution >= 0.6 is 22.7 Å². The minimum Gasteiger partial charge on any atom is -0.374 e. The van der Waals surface area contributed by atoms with Crippen molar-refractivity contribution in [3.05, 3.63) is 44.8 Å². The number of ketones is 2. The van der Waals surface area contributed by atoms with Crippen molar-refractivity contribution in [3.8, 4) is 0 Å². The average Bonchev–Trinajstić information content (AvgIpc) is 3.35. The molecule has 148 valence electrons. The van der Waals surface area contributed by atoms with E-state index in [1.54, 1.807) is 22.9 Å². The van der Waals surface area contributed by atoms with Gasteiger partial charge in [0.15, 0.2) is 11.2 Å². The van der Waals surface area contributed by atoms with Crippen LogP contribution in [-0.2, 0) is 30.4 Å². The first-order chi connectivity index (χ1) is 13.1. The van der Waals surface area contributed by atoms with Gasteiger partial charge in [0.25, 0.3) is 11.8 Å². The lowest BCUT2D eigenvalue weighted by Crippen LogP contribution is -2.57. The Bertz CT molecular complexity index is 850. The van der Waals surface area contributed by atoms with Crippen LogP contribution in [0.4, 0.5) is 0 Å².